The lowest BCUT2D eigenvalue weighted by atomic mass is 10.2. The molecule has 1 amide bonds. The van der Waals surface area contributed by atoms with Crippen LogP contribution in [0.3, 0.4) is 0 Å². The average Bonchev–Trinajstić information content (AvgIpc) is 2.58. The summed E-state index contributed by atoms with van der Waals surface area (Å²) in [5.74, 6) is 1.21. The predicted molar refractivity (Wildman–Crippen MR) is 96.0 cm³/mol. The maximum atomic E-state index is 11.9. The van der Waals surface area contributed by atoms with Crippen LogP contribution in [0, 0.1) is 0 Å². The molecule has 0 aliphatic rings. The quantitative estimate of drug-likeness (QED) is 0.431. The lowest BCUT2D eigenvalue weighted by Crippen LogP contribution is -2.08. The number of rotatable bonds is 8. The van der Waals surface area contributed by atoms with E-state index in [4.69, 9.17) is 16.3 Å². The van der Waals surface area contributed by atoms with Crippen LogP contribution in [0.4, 0.5) is 5.69 Å². The molecule has 4 heteroatoms. The fourth-order valence-corrected chi connectivity index (χ4v) is 2.16. The van der Waals surface area contributed by atoms with Crippen LogP contribution in [-0.4, -0.2) is 18.4 Å². The first-order valence-electron chi connectivity index (χ1n) is 7.61. The van der Waals surface area contributed by atoms with Crippen molar-refractivity contribution in [1.82, 2.24) is 0 Å². The molecular formula is C19H20ClNO2. The first-order chi connectivity index (χ1) is 11.3. The number of carbonyl (C=O) groups is 1. The third-order valence-electron chi connectivity index (χ3n) is 3.13. The van der Waals surface area contributed by atoms with Gasteiger partial charge in [0.2, 0.25) is 5.91 Å². The van der Waals surface area contributed by atoms with Crippen LogP contribution in [0.2, 0.25) is 0 Å². The van der Waals surface area contributed by atoms with Gasteiger partial charge in [-0.15, -0.1) is 11.6 Å². The Labute approximate surface area is 141 Å². The Hall–Kier alpha value is -2.26. The van der Waals surface area contributed by atoms with Gasteiger partial charge in [-0.3, -0.25) is 4.79 Å². The van der Waals surface area contributed by atoms with Gasteiger partial charge < -0.3 is 10.1 Å². The maximum Gasteiger partial charge on any atom is 0.248 e. The fourth-order valence-electron chi connectivity index (χ4n) is 1.97. The van der Waals surface area contributed by atoms with Crippen LogP contribution in [0.1, 0.15) is 18.4 Å². The zero-order valence-electron chi connectivity index (χ0n) is 12.9. The first-order valence-corrected chi connectivity index (χ1v) is 8.14. The van der Waals surface area contributed by atoms with Crippen molar-refractivity contribution in [3.63, 3.8) is 0 Å². The summed E-state index contributed by atoms with van der Waals surface area (Å²) in [6.07, 6.45) is 5.15. The van der Waals surface area contributed by atoms with Gasteiger partial charge >= 0.3 is 0 Å². The number of halogens is 1. The van der Waals surface area contributed by atoms with E-state index in [1.54, 1.807) is 6.08 Å². The predicted octanol–water partition coefficient (Wildman–Crippen LogP) is 4.74. The molecule has 0 heterocycles. The number of anilines is 1. The second-order valence-corrected chi connectivity index (χ2v) is 5.38. The van der Waals surface area contributed by atoms with Crippen LogP contribution in [-0.2, 0) is 4.79 Å². The molecule has 0 fully saturated rings. The third kappa shape index (κ3) is 6.57. The normalized spacial score (nSPS) is 10.7. The van der Waals surface area contributed by atoms with Crippen LogP contribution >= 0.6 is 11.6 Å². The van der Waals surface area contributed by atoms with Crippen molar-refractivity contribution in [3.05, 3.63) is 66.2 Å². The highest BCUT2D eigenvalue weighted by atomic mass is 35.5. The Balaban J connectivity index is 1.87. The number of carbonyl (C=O) groups excluding carboxylic acids is 1. The molecule has 2 aromatic carbocycles. The summed E-state index contributed by atoms with van der Waals surface area (Å²) in [4.78, 5) is 11.9. The number of hydrogen-bond donors (Lipinski definition) is 1. The molecule has 0 saturated heterocycles. The fraction of sp³-hybridized carbons (Fsp3) is 0.211. The highest BCUT2D eigenvalue weighted by molar-refractivity contribution is 6.17. The van der Waals surface area contributed by atoms with Crippen molar-refractivity contribution >= 4 is 29.3 Å². The molecule has 120 valence electrons. The molecule has 3 nitrogen and oxygen atoms in total. The van der Waals surface area contributed by atoms with E-state index < -0.39 is 0 Å². The van der Waals surface area contributed by atoms with Gasteiger partial charge in [0.05, 0.1) is 6.61 Å². The average molecular weight is 330 g/mol. The Morgan fingerprint density at radius 2 is 1.91 bits per heavy atom. The van der Waals surface area contributed by atoms with Gasteiger partial charge in [0, 0.05) is 23.7 Å². The second kappa shape index (κ2) is 9.70. The summed E-state index contributed by atoms with van der Waals surface area (Å²) >= 11 is 5.63. The highest BCUT2D eigenvalue weighted by Crippen LogP contribution is 2.17. The van der Waals surface area contributed by atoms with Crippen LogP contribution in [0.25, 0.3) is 6.08 Å². The van der Waals surface area contributed by atoms with Crippen molar-refractivity contribution < 1.29 is 9.53 Å². The van der Waals surface area contributed by atoms with Gasteiger partial charge in [0.15, 0.2) is 0 Å². The Morgan fingerprint density at radius 3 is 2.70 bits per heavy atom. The Kier molecular flexibility index (Phi) is 7.21. The monoisotopic (exact) mass is 329 g/mol. The molecule has 0 bridgehead atoms. The summed E-state index contributed by atoms with van der Waals surface area (Å²) in [6, 6.07) is 17.1. The number of nitrogens with one attached hydrogen (secondary N) is 1. The second-order valence-electron chi connectivity index (χ2n) is 5.01. The van der Waals surface area contributed by atoms with Gasteiger partial charge in [0.25, 0.3) is 0 Å². The van der Waals surface area contributed by atoms with Crippen molar-refractivity contribution in [2.75, 3.05) is 17.8 Å². The highest BCUT2D eigenvalue weighted by Gasteiger charge is 2.00. The minimum absolute atomic E-state index is 0.173. The van der Waals surface area contributed by atoms with E-state index in [1.165, 1.54) is 6.08 Å². The van der Waals surface area contributed by atoms with E-state index in [0.717, 1.165) is 24.2 Å². The van der Waals surface area contributed by atoms with Crippen LogP contribution < -0.4 is 10.1 Å². The smallest absolute Gasteiger partial charge is 0.248 e. The molecule has 1 N–H and O–H groups in total. The van der Waals surface area contributed by atoms with Gasteiger partial charge in [-0.25, -0.2) is 0 Å². The molecule has 0 unspecified atom stereocenters. The van der Waals surface area contributed by atoms with E-state index in [1.807, 2.05) is 54.6 Å². The molecular weight excluding hydrogens is 310 g/mol. The van der Waals surface area contributed by atoms with E-state index in [0.29, 0.717) is 18.2 Å². The topological polar surface area (TPSA) is 38.3 Å². The minimum atomic E-state index is -0.173. The number of hydrogen-bond acceptors (Lipinski definition) is 2. The molecule has 0 spiro atoms. The molecule has 2 rings (SSSR count). The number of benzene rings is 2. The third-order valence-corrected chi connectivity index (χ3v) is 3.39. The molecule has 0 aliphatic carbocycles. The lowest BCUT2D eigenvalue weighted by Gasteiger charge is -2.08. The van der Waals surface area contributed by atoms with Crippen molar-refractivity contribution in [2.24, 2.45) is 0 Å². The molecule has 0 aromatic heterocycles. The summed E-state index contributed by atoms with van der Waals surface area (Å²) in [5.41, 5.74) is 1.70. The summed E-state index contributed by atoms with van der Waals surface area (Å²) < 4.78 is 5.63. The molecule has 0 radical (unpaired) electrons. The largest absolute Gasteiger partial charge is 0.494 e. The number of amides is 1. The number of unbranched alkanes of at least 4 members (excludes halogenated alkanes) is 1. The molecule has 0 atom stereocenters. The van der Waals surface area contributed by atoms with E-state index >= 15 is 0 Å². The standard InChI is InChI=1S/C19H20ClNO2/c20-13-4-5-14-23-18-10-6-9-17(15-18)21-19(22)12-11-16-7-2-1-3-8-16/h1-3,6-12,15H,4-5,13-14H2,(H,21,22). The van der Waals surface area contributed by atoms with Gasteiger partial charge in [-0.1, -0.05) is 36.4 Å². The zero-order valence-corrected chi connectivity index (χ0v) is 13.6. The summed E-state index contributed by atoms with van der Waals surface area (Å²) in [6.45, 7) is 0.623. The lowest BCUT2D eigenvalue weighted by molar-refractivity contribution is -0.111. The summed E-state index contributed by atoms with van der Waals surface area (Å²) in [7, 11) is 0. The number of alkyl halides is 1. The summed E-state index contributed by atoms with van der Waals surface area (Å²) in [5, 5.41) is 2.83. The number of ether oxygens (including phenoxy) is 1. The van der Waals surface area contributed by atoms with E-state index in [9.17, 15) is 4.79 Å². The maximum absolute atomic E-state index is 11.9. The van der Waals surface area contributed by atoms with Gasteiger partial charge in [-0.05, 0) is 36.6 Å². The van der Waals surface area contributed by atoms with E-state index in [2.05, 4.69) is 5.32 Å². The van der Waals surface area contributed by atoms with E-state index in [-0.39, 0.29) is 5.91 Å². The van der Waals surface area contributed by atoms with Crippen molar-refractivity contribution in [3.8, 4) is 5.75 Å². The molecule has 23 heavy (non-hydrogen) atoms. The Morgan fingerprint density at radius 1 is 1.09 bits per heavy atom. The molecule has 0 saturated carbocycles. The molecule has 2 aromatic rings. The van der Waals surface area contributed by atoms with Crippen molar-refractivity contribution in [2.45, 2.75) is 12.8 Å². The zero-order chi connectivity index (χ0) is 16.3. The van der Waals surface area contributed by atoms with Gasteiger partial charge in [0.1, 0.15) is 5.75 Å². The van der Waals surface area contributed by atoms with Gasteiger partial charge in [-0.2, -0.15) is 0 Å². The first kappa shape index (κ1) is 17.1. The van der Waals surface area contributed by atoms with Crippen LogP contribution in [0.5, 0.6) is 5.75 Å². The van der Waals surface area contributed by atoms with Crippen molar-refractivity contribution in [1.29, 1.82) is 0 Å². The SMILES string of the molecule is O=C(C=Cc1ccccc1)Nc1cccc(OCCCCCl)c1. The molecule has 0 aliphatic heterocycles. The van der Waals surface area contributed by atoms with Crippen LogP contribution in [0.15, 0.2) is 60.7 Å². The minimum Gasteiger partial charge on any atom is -0.494 e. The Bertz CT molecular complexity index is 641.